The van der Waals surface area contributed by atoms with Crippen LogP contribution in [0.5, 0.6) is 0 Å². The molecule has 1 aromatic carbocycles. The van der Waals surface area contributed by atoms with Gasteiger partial charge in [0, 0.05) is 24.8 Å². The zero-order chi connectivity index (χ0) is 25.9. The van der Waals surface area contributed by atoms with Crippen LogP contribution in [0, 0.1) is 12.8 Å². The number of likely N-dealkylation sites (N-methyl/N-ethyl adjacent to an activating group) is 1. The van der Waals surface area contributed by atoms with Crippen LogP contribution >= 0.6 is 0 Å². The second-order valence-corrected chi connectivity index (χ2v) is 10.8. The lowest BCUT2D eigenvalue weighted by Gasteiger charge is -2.35. The summed E-state index contributed by atoms with van der Waals surface area (Å²) < 4.78 is 0. The number of hydrogen-bond acceptors (Lipinski definition) is 6. The van der Waals surface area contributed by atoms with Crippen LogP contribution in [-0.2, 0) is 16.0 Å². The molecule has 8 heteroatoms. The van der Waals surface area contributed by atoms with Crippen molar-refractivity contribution in [3.63, 3.8) is 0 Å². The molecule has 0 spiro atoms. The number of rotatable bonds is 7. The molecule has 3 heterocycles. The number of carbonyl (C=O) groups excluding carboxylic acids is 2. The lowest BCUT2D eigenvalue weighted by atomic mass is 9.83. The van der Waals surface area contributed by atoms with E-state index in [0.717, 1.165) is 68.8 Å². The number of nitrogens with one attached hydrogen (secondary N) is 2. The molecule has 1 aromatic heterocycles. The van der Waals surface area contributed by atoms with E-state index in [1.807, 2.05) is 18.7 Å². The quantitative estimate of drug-likeness (QED) is 0.596. The number of nitrogens with zero attached hydrogens (tertiary/aromatic N) is 4. The highest BCUT2D eigenvalue weighted by molar-refractivity contribution is 5.90. The summed E-state index contributed by atoms with van der Waals surface area (Å²) in [4.78, 5) is 40.8. The summed E-state index contributed by atoms with van der Waals surface area (Å²) in [7, 11) is 1.77. The Kier molecular flexibility index (Phi) is 7.74. The predicted molar refractivity (Wildman–Crippen MR) is 145 cm³/mol. The molecule has 2 aliphatic heterocycles. The van der Waals surface area contributed by atoms with E-state index in [-0.39, 0.29) is 29.8 Å². The third-order valence-electron chi connectivity index (χ3n) is 8.40. The summed E-state index contributed by atoms with van der Waals surface area (Å²) in [5.41, 5.74) is 3.43. The van der Waals surface area contributed by atoms with E-state index in [9.17, 15) is 9.59 Å². The predicted octanol–water partition coefficient (Wildman–Crippen LogP) is 3.82. The average molecular weight is 505 g/mol. The highest BCUT2D eigenvalue weighted by atomic mass is 16.2. The summed E-state index contributed by atoms with van der Waals surface area (Å²) in [5.74, 6) is 1.72. The van der Waals surface area contributed by atoms with Crippen molar-refractivity contribution in [3.05, 3.63) is 47.4 Å². The second-order valence-electron chi connectivity index (χ2n) is 10.8. The van der Waals surface area contributed by atoms with Gasteiger partial charge in [0.15, 0.2) is 0 Å². The van der Waals surface area contributed by atoms with Crippen molar-refractivity contribution in [1.82, 2.24) is 25.5 Å². The fraction of sp³-hybridized carbons (Fsp3) is 0.586. The van der Waals surface area contributed by atoms with Crippen LogP contribution in [-0.4, -0.2) is 58.9 Å². The number of para-hydroxylation sites is 1. The van der Waals surface area contributed by atoms with Crippen molar-refractivity contribution in [2.75, 3.05) is 25.0 Å². The number of aromatic nitrogens is 2. The minimum Gasteiger partial charge on any atom is -0.343 e. The fourth-order valence-corrected chi connectivity index (χ4v) is 6.23. The van der Waals surface area contributed by atoms with Crippen LogP contribution in [0.15, 0.2) is 30.3 Å². The second kappa shape index (κ2) is 11.2. The Balaban J connectivity index is 1.41. The monoisotopic (exact) mass is 504 g/mol. The SMILES string of the molecule is CNC(C)C(=O)N[C@H](C(=O)N1CCCC1c1cc(N2CCc3ccccc32)nc(C)n1)C1CCCCC1. The molecule has 3 aliphatic rings. The Labute approximate surface area is 220 Å². The molecule has 0 radical (unpaired) electrons. The molecule has 8 nitrogen and oxygen atoms in total. The maximum Gasteiger partial charge on any atom is 0.246 e. The van der Waals surface area contributed by atoms with E-state index in [1.54, 1.807) is 7.05 Å². The first-order chi connectivity index (χ1) is 18.0. The number of amides is 2. The number of hydrogen-bond donors (Lipinski definition) is 2. The molecule has 2 N–H and O–H groups in total. The normalized spacial score (nSPS) is 21.5. The van der Waals surface area contributed by atoms with Gasteiger partial charge in [0.05, 0.1) is 17.8 Å². The van der Waals surface area contributed by atoms with Crippen molar-refractivity contribution in [2.24, 2.45) is 5.92 Å². The number of likely N-dealkylation sites (tertiary alicyclic amines) is 1. The van der Waals surface area contributed by atoms with Crippen LogP contribution in [0.1, 0.15) is 75.0 Å². The van der Waals surface area contributed by atoms with E-state index in [0.29, 0.717) is 6.54 Å². The molecule has 5 rings (SSSR count). The minimum absolute atomic E-state index is 0.0374. The van der Waals surface area contributed by atoms with Crippen molar-refractivity contribution >= 4 is 23.3 Å². The van der Waals surface area contributed by atoms with Gasteiger partial charge in [-0.25, -0.2) is 9.97 Å². The molecule has 1 saturated carbocycles. The fourth-order valence-electron chi connectivity index (χ4n) is 6.23. The summed E-state index contributed by atoms with van der Waals surface area (Å²) >= 11 is 0. The molecule has 2 fully saturated rings. The van der Waals surface area contributed by atoms with Gasteiger partial charge in [-0.3, -0.25) is 9.59 Å². The number of benzene rings is 1. The van der Waals surface area contributed by atoms with Gasteiger partial charge in [0.2, 0.25) is 11.8 Å². The van der Waals surface area contributed by atoms with Crippen molar-refractivity contribution in [2.45, 2.75) is 83.3 Å². The van der Waals surface area contributed by atoms with Gasteiger partial charge in [0.25, 0.3) is 0 Å². The maximum atomic E-state index is 14.1. The van der Waals surface area contributed by atoms with Crippen LogP contribution in [0.25, 0.3) is 0 Å². The molecule has 2 amide bonds. The third kappa shape index (κ3) is 5.35. The molecule has 0 bridgehead atoms. The first-order valence-corrected chi connectivity index (χ1v) is 14.0. The van der Waals surface area contributed by atoms with E-state index in [4.69, 9.17) is 9.97 Å². The topological polar surface area (TPSA) is 90.5 Å². The molecular weight excluding hydrogens is 464 g/mol. The first kappa shape index (κ1) is 25.6. The summed E-state index contributed by atoms with van der Waals surface area (Å²) in [6.45, 7) is 5.34. The molecule has 2 aromatic rings. The number of anilines is 2. The third-order valence-corrected chi connectivity index (χ3v) is 8.40. The van der Waals surface area contributed by atoms with Crippen LogP contribution in [0.3, 0.4) is 0 Å². The molecule has 198 valence electrons. The Morgan fingerprint density at radius 3 is 2.59 bits per heavy atom. The van der Waals surface area contributed by atoms with Gasteiger partial charge in [-0.15, -0.1) is 0 Å². The smallest absolute Gasteiger partial charge is 0.246 e. The first-order valence-electron chi connectivity index (χ1n) is 14.0. The van der Waals surface area contributed by atoms with Crippen molar-refractivity contribution in [3.8, 4) is 0 Å². The maximum absolute atomic E-state index is 14.1. The van der Waals surface area contributed by atoms with E-state index >= 15 is 0 Å². The lowest BCUT2D eigenvalue weighted by Crippen LogP contribution is -2.55. The number of aryl methyl sites for hydroxylation is 1. The van der Waals surface area contributed by atoms with Crippen molar-refractivity contribution < 1.29 is 9.59 Å². The van der Waals surface area contributed by atoms with Gasteiger partial charge < -0.3 is 20.4 Å². The van der Waals surface area contributed by atoms with E-state index in [2.05, 4.69) is 45.9 Å². The number of fused-ring (bicyclic) bond motifs is 1. The van der Waals surface area contributed by atoms with Crippen LogP contribution < -0.4 is 15.5 Å². The molecule has 2 unspecified atom stereocenters. The summed E-state index contributed by atoms with van der Waals surface area (Å²) in [5, 5.41) is 6.13. The Morgan fingerprint density at radius 1 is 1.03 bits per heavy atom. The Morgan fingerprint density at radius 2 is 1.81 bits per heavy atom. The molecule has 37 heavy (non-hydrogen) atoms. The van der Waals surface area contributed by atoms with Gasteiger partial charge in [-0.2, -0.15) is 0 Å². The highest BCUT2D eigenvalue weighted by Gasteiger charge is 2.40. The Bertz CT molecular complexity index is 1130. The van der Waals surface area contributed by atoms with Gasteiger partial charge >= 0.3 is 0 Å². The van der Waals surface area contributed by atoms with Crippen molar-refractivity contribution in [1.29, 1.82) is 0 Å². The van der Waals surface area contributed by atoms with Crippen LogP contribution in [0.2, 0.25) is 0 Å². The Hall–Kier alpha value is -3.00. The summed E-state index contributed by atoms with van der Waals surface area (Å²) in [6.07, 6.45) is 8.18. The van der Waals surface area contributed by atoms with E-state index in [1.165, 1.54) is 17.7 Å². The highest BCUT2D eigenvalue weighted by Crippen LogP contribution is 2.38. The summed E-state index contributed by atoms with van der Waals surface area (Å²) in [6, 6.07) is 9.61. The number of carbonyl (C=O) groups is 2. The van der Waals surface area contributed by atoms with Gasteiger partial charge in [-0.1, -0.05) is 37.5 Å². The lowest BCUT2D eigenvalue weighted by molar-refractivity contribution is -0.139. The molecule has 1 saturated heterocycles. The standard InChI is InChI=1S/C29H40N6O2/c1-19(30-3)28(36)33-27(22-11-5-4-6-12-22)29(37)35-16-9-14-25(35)23-18-26(32-20(2)31-23)34-17-15-21-10-7-8-13-24(21)34/h7-8,10,13,18-19,22,25,27,30H,4-6,9,11-12,14-17H2,1-3H3,(H,33,36)/t19?,25?,27-/m0/s1. The van der Waals surface area contributed by atoms with E-state index < -0.39 is 6.04 Å². The molecule has 1 aliphatic carbocycles. The molecular formula is C29H40N6O2. The minimum atomic E-state index is -0.489. The zero-order valence-electron chi connectivity index (χ0n) is 22.4. The largest absolute Gasteiger partial charge is 0.343 e. The average Bonchev–Trinajstić information content (AvgIpc) is 3.59. The molecule has 3 atom stereocenters. The van der Waals surface area contributed by atoms with Gasteiger partial charge in [0.1, 0.15) is 17.7 Å². The van der Waals surface area contributed by atoms with Gasteiger partial charge in [-0.05, 0) is 70.5 Å². The zero-order valence-corrected chi connectivity index (χ0v) is 22.4. The van der Waals surface area contributed by atoms with Crippen LogP contribution in [0.4, 0.5) is 11.5 Å².